The highest BCUT2D eigenvalue weighted by molar-refractivity contribution is 8.00. The molecule has 104 valence electrons. The highest BCUT2D eigenvalue weighted by Gasteiger charge is 2.53. The molecule has 2 aliphatic rings. The molecule has 20 heavy (non-hydrogen) atoms. The first-order chi connectivity index (χ1) is 9.65. The van der Waals surface area contributed by atoms with E-state index >= 15 is 0 Å². The van der Waals surface area contributed by atoms with Crippen molar-refractivity contribution in [2.45, 2.75) is 18.4 Å². The minimum atomic E-state index is -0.424. The topological polar surface area (TPSA) is 46.6 Å². The third-order valence-corrected chi connectivity index (χ3v) is 5.01. The van der Waals surface area contributed by atoms with Gasteiger partial charge in [-0.3, -0.25) is 14.5 Å². The average molecular weight is 289 g/mol. The van der Waals surface area contributed by atoms with Gasteiger partial charge < -0.3 is 4.74 Å². The standard InChI is InChI=1S/C15H15NO3S/c1-9-8-20-15-13(19-2)14(18)16(15)11(9)12(17)10-6-4-3-5-7-10/h3-7,13,15H,8H2,1-2H3/t13-,15+/m0/s1. The Morgan fingerprint density at radius 2 is 2.05 bits per heavy atom. The Bertz CT molecular complexity index is 596. The number of Topliss-reactive ketones (excluding diaryl/α,β-unsaturated/α-hetero) is 1. The lowest BCUT2D eigenvalue weighted by Crippen LogP contribution is -2.65. The van der Waals surface area contributed by atoms with Gasteiger partial charge >= 0.3 is 0 Å². The molecule has 0 unspecified atom stereocenters. The Hall–Kier alpha value is -1.59. The molecule has 2 heterocycles. The van der Waals surface area contributed by atoms with Crippen molar-refractivity contribution in [3.05, 3.63) is 47.2 Å². The van der Waals surface area contributed by atoms with E-state index in [0.717, 1.165) is 11.3 Å². The van der Waals surface area contributed by atoms with Gasteiger partial charge in [0.15, 0.2) is 6.10 Å². The summed E-state index contributed by atoms with van der Waals surface area (Å²) in [6, 6.07) is 9.07. The molecule has 4 nitrogen and oxygen atoms in total. The molecule has 5 heteroatoms. The Kier molecular flexibility index (Phi) is 3.40. The van der Waals surface area contributed by atoms with Crippen LogP contribution in [0.15, 0.2) is 41.6 Å². The lowest BCUT2D eigenvalue weighted by molar-refractivity contribution is -0.158. The van der Waals surface area contributed by atoms with Gasteiger partial charge in [0, 0.05) is 18.4 Å². The van der Waals surface area contributed by atoms with Crippen LogP contribution in [0.4, 0.5) is 0 Å². The average Bonchev–Trinajstić information content (AvgIpc) is 2.48. The SMILES string of the molecule is CO[C@H]1C(=O)N2C(C(=O)c3ccccc3)=C(C)CS[C@H]12. The van der Waals surface area contributed by atoms with Crippen molar-refractivity contribution in [1.82, 2.24) is 4.90 Å². The van der Waals surface area contributed by atoms with E-state index in [1.54, 1.807) is 28.8 Å². The Morgan fingerprint density at radius 3 is 2.70 bits per heavy atom. The van der Waals surface area contributed by atoms with Crippen molar-refractivity contribution >= 4 is 23.5 Å². The molecule has 0 aromatic heterocycles. The van der Waals surface area contributed by atoms with Crippen LogP contribution in [0, 0.1) is 0 Å². The van der Waals surface area contributed by atoms with Crippen LogP contribution in [0.1, 0.15) is 17.3 Å². The number of carbonyl (C=O) groups is 2. The van der Waals surface area contributed by atoms with E-state index in [2.05, 4.69) is 0 Å². The van der Waals surface area contributed by atoms with Crippen LogP contribution >= 0.6 is 11.8 Å². The van der Waals surface area contributed by atoms with Crippen LogP contribution < -0.4 is 0 Å². The number of thioether (sulfide) groups is 1. The Balaban J connectivity index is 1.96. The van der Waals surface area contributed by atoms with E-state index < -0.39 is 6.10 Å². The number of benzene rings is 1. The van der Waals surface area contributed by atoms with Crippen LogP contribution in [0.2, 0.25) is 0 Å². The second-order valence-corrected chi connectivity index (χ2v) is 6.00. The lowest BCUT2D eigenvalue weighted by atomic mass is 9.99. The number of carbonyl (C=O) groups excluding carboxylic acids is 2. The number of allylic oxidation sites excluding steroid dienone is 1. The summed E-state index contributed by atoms with van der Waals surface area (Å²) in [4.78, 5) is 26.3. The second kappa shape index (κ2) is 5.07. The van der Waals surface area contributed by atoms with Gasteiger partial charge in [-0.25, -0.2) is 0 Å². The molecular formula is C15H15NO3S. The molecule has 1 aromatic carbocycles. The van der Waals surface area contributed by atoms with Crippen molar-refractivity contribution in [2.75, 3.05) is 12.9 Å². The summed E-state index contributed by atoms with van der Waals surface area (Å²) in [5.41, 5.74) is 2.09. The zero-order valence-electron chi connectivity index (χ0n) is 11.3. The lowest BCUT2D eigenvalue weighted by Gasteiger charge is -2.49. The number of nitrogens with zero attached hydrogens (tertiary/aromatic N) is 1. The minimum absolute atomic E-state index is 0.0705. The number of β-lactam (4-membered cyclic amide) rings is 1. The molecule has 0 N–H and O–H groups in total. The molecule has 2 aliphatic heterocycles. The fourth-order valence-corrected chi connectivity index (χ4v) is 3.89. The van der Waals surface area contributed by atoms with E-state index in [9.17, 15) is 9.59 Å². The van der Waals surface area contributed by atoms with Gasteiger partial charge in [-0.05, 0) is 12.5 Å². The molecule has 1 aromatic rings. The predicted molar refractivity (Wildman–Crippen MR) is 77.4 cm³/mol. The summed E-state index contributed by atoms with van der Waals surface area (Å²) < 4.78 is 5.19. The van der Waals surface area contributed by atoms with Gasteiger partial charge in [0.05, 0.1) is 5.70 Å². The molecule has 1 fully saturated rings. The zero-order valence-corrected chi connectivity index (χ0v) is 12.1. The second-order valence-electron chi connectivity index (χ2n) is 4.89. The van der Waals surface area contributed by atoms with Crippen LogP contribution in [0.3, 0.4) is 0 Å². The van der Waals surface area contributed by atoms with Crippen molar-refractivity contribution in [1.29, 1.82) is 0 Å². The van der Waals surface area contributed by atoms with Gasteiger partial charge in [0.1, 0.15) is 5.37 Å². The van der Waals surface area contributed by atoms with Crippen LogP contribution in [0.5, 0.6) is 0 Å². The van der Waals surface area contributed by atoms with Crippen LogP contribution in [-0.2, 0) is 9.53 Å². The first-order valence-corrected chi connectivity index (χ1v) is 7.47. The smallest absolute Gasteiger partial charge is 0.260 e. The number of ketones is 1. The number of rotatable bonds is 3. The summed E-state index contributed by atoms with van der Waals surface area (Å²) >= 11 is 1.64. The molecule has 1 amide bonds. The molecule has 0 saturated carbocycles. The van der Waals surface area contributed by atoms with E-state index in [1.807, 2.05) is 25.1 Å². The maximum atomic E-state index is 12.6. The van der Waals surface area contributed by atoms with Gasteiger partial charge in [-0.15, -0.1) is 11.8 Å². The van der Waals surface area contributed by atoms with E-state index in [1.165, 1.54) is 7.11 Å². The summed E-state index contributed by atoms with van der Waals surface area (Å²) in [5.74, 6) is 0.544. The third kappa shape index (κ3) is 1.89. The Morgan fingerprint density at radius 1 is 1.35 bits per heavy atom. The van der Waals surface area contributed by atoms with Crippen LogP contribution in [0.25, 0.3) is 0 Å². The van der Waals surface area contributed by atoms with Gasteiger partial charge in [-0.1, -0.05) is 30.3 Å². The van der Waals surface area contributed by atoms with Crippen molar-refractivity contribution in [3.8, 4) is 0 Å². The number of hydrogen-bond donors (Lipinski definition) is 0. The van der Waals surface area contributed by atoms with E-state index in [0.29, 0.717) is 11.3 Å². The number of hydrogen-bond acceptors (Lipinski definition) is 4. The maximum absolute atomic E-state index is 12.6. The Labute approximate surface area is 121 Å². The molecule has 0 spiro atoms. The third-order valence-electron chi connectivity index (χ3n) is 3.62. The van der Waals surface area contributed by atoms with Crippen molar-refractivity contribution < 1.29 is 14.3 Å². The molecule has 1 saturated heterocycles. The molecule has 3 rings (SSSR count). The number of methoxy groups -OCH3 is 1. The first kappa shape index (κ1) is 13.4. The number of ether oxygens (including phenoxy) is 1. The molecule has 0 bridgehead atoms. The normalized spacial score (nSPS) is 25.3. The molecule has 0 radical (unpaired) electrons. The largest absolute Gasteiger partial charge is 0.368 e. The van der Waals surface area contributed by atoms with E-state index in [4.69, 9.17) is 4.74 Å². The first-order valence-electron chi connectivity index (χ1n) is 6.42. The van der Waals surface area contributed by atoms with Crippen LogP contribution in [-0.4, -0.2) is 40.9 Å². The maximum Gasteiger partial charge on any atom is 0.260 e. The minimum Gasteiger partial charge on any atom is -0.368 e. The van der Waals surface area contributed by atoms with Gasteiger partial charge in [0.2, 0.25) is 5.78 Å². The highest BCUT2D eigenvalue weighted by Crippen LogP contribution is 2.42. The summed E-state index contributed by atoms with van der Waals surface area (Å²) in [6.07, 6.45) is -0.424. The van der Waals surface area contributed by atoms with Gasteiger partial charge in [0.25, 0.3) is 5.91 Å². The fourth-order valence-electron chi connectivity index (χ4n) is 2.57. The number of fused-ring (bicyclic) bond motifs is 1. The molecular weight excluding hydrogens is 274 g/mol. The summed E-state index contributed by atoms with van der Waals surface area (Å²) in [7, 11) is 1.53. The molecule has 2 atom stereocenters. The van der Waals surface area contributed by atoms with Gasteiger partial charge in [-0.2, -0.15) is 0 Å². The highest BCUT2D eigenvalue weighted by atomic mass is 32.2. The predicted octanol–water partition coefficient (Wildman–Crippen LogP) is 2.07. The van der Waals surface area contributed by atoms with Crippen molar-refractivity contribution in [2.24, 2.45) is 0 Å². The summed E-state index contributed by atoms with van der Waals surface area (Å²) in [6.45, 7) is 1.91. The number of amides is 1. The quantitative estimate of drug-likeness (QED) is 0.631. The summed E-state index contributed by atoms with van der Waals surface area (Å²) in [5, 5.41) is -0.0705. The van der Waals surface area contributed by atoms with E-state index in [-0.39, 0.29) is 17.1 Å². The van der Waals surface area contributed by atoms with Crippen molar-refractivity contribution in [3.63, 3.8) is 0 Å². The monoisotopic (exact) mass is 289 g/mol. The zero-order chi connectivity index (χ0) is 14.3. The fraction of sp³-hybridized carbons (Fsp3) is 0.333. The molecule has 0 aliphatic carbocycles.